The molecule has 0 spiro atoms. The molecule has 1 amide bonds. The summed E-state index contributed by atoms with van der Waals surface area (Å²) in [6.45, 7) is 3.68. The van der Waals surface area contributed by atoms with E-state index in [1.807, 2.05) is 6.08 Å². The lowest BCUT2D eigenvalue weighted by Crippen LogP contribution is -2.60. The van der Waals surface area contributed by atoms with E-state index in [0.29, 0.717) is 6.42 Å². The average molecular weight is 748 g/mol. The number of allylic oxidation sites excluding steroid dienone is 9. The average Bonchev–Trinajstić information content (AvgIpc) is 3.16. The summed E-state index contributed by atoms with van der Waals surface area (Å²) in [6.07, 6.45) is 36.9. The van der Waals surface area contributed by atoms with E-state index in [0.717, 1.165) is 44.9 Å². The van der Waals surface area contributed by atoms with Gasteiger partial charge in [-0.25, -0.2) is 0 Å². The molecule has 1 aliphatic rings. The molecule has 1 rings (SSSR count). The summed E-state index contributed by atoms with van der Waals surface area (Å²) in [5.74, 6) is -0.235. The van der Waals surface area contributed by atoms with Crippen molar-refractivity contribution in [2.24, 2.45) is 0 Å². The van der Waals surface area contributed by atoms with Crippen molar-refractivity contribution in [1.29, 1.82) is 0 Å². The van der Waals surface area contributed by atoms with Crippen molar-refractivity contribution < 1.29 is 39.8 Å². The number of hydrogen-bond donors (Lipinski definition) is 6. The Hall–Kier alpha value is -2.11. The fourth-order valence-corrected chi connectivity index (χ4v) is 6.15. The summed E-state index contributed by atoms with van der Waals surface area (Å²) in [5, 5.41) is 54.0. The Bertz CT molecular complexity index is 1010. The number of aliphatic hydroxyl groups is 5. The Balaban J connectivity index is 2.47. The number of rotatable bonds is 33. The molecule has 1 saturated heterocycles. The first-order valence-corrected chi connectivity index (χ1v) is 21.0. The van der Waals surface area contributed by atoms with E-state index in [2.05, 4.69) is 67.8 Å². The number of hydrogen-bond acceptors (Lipinski definition) is 8. The molecule has 0 radical (unpaired) electrons. The largest absolute Gasteiger partial charge is 0.394 e. The Labute approximate surface area is 322 Å². The van der Waals surface area contributed by atoms with Crippen molar-refractivity contribution in [3.05, 3.63) is 60.8 Å². The topological polar surface area (TPSA) is 149 Å². The fourth-order valence-electron chi connectivity index (χ4n) is 6.15. The highest BCUT2D eigenvalue weighted by Gasteiger charge is 2.44. The van der Waals surface area contributed by atoms with Gasteiger partial charge in [0.25, 0.3) is 0 Å². The van der Waals surface area contributed by atoms with E-state index in [1.165, 1.54) is 83.5 Å². The molecule has 9 nitrogen and oxygen atoms in total. The molecular weight excluding hydrogens is 670 g/mol. The Morgan fingerprint density at radius 2 is 1.11 bits per heavy atom. The van der Waals surface area contributed by atoms with E-state index in [1.54, 1.807) is 6.08 Å². The van der Waals surface area contributed by atoms with Crippen LogP contribution in [-0.4, -0.2) is 87.5 Å². The van der Waals surface area contributed by atoms with Gasteiger partial charge in [-0.2, -0.15) is 0 Å². The number of unbranched alkanes of at least 4 members (excludes halogenated alkanes) is 15. The Morgan fingerprint density at radius 3 is 1.68 bits per heavy atom. The normalized spacial score (nSPS) is 22.3. The third-order valence-electron chi connectivity index (χ3n) is 9.59. The van der Waals surface area contributed by atoms with Crippen molar-refractivity contribution in [2.45, 2.75) is 198 Å². The summed E-state index contributed by atoms with van der Waals surface area (Å²) in [7, 11) is 0. The number of carbonyl (C=O) groups excluding carboxylic acids is 1. The first kappa shape index (κ1) is 48.9. The Morgan fingerprint density at radius 1 is 0.642 bits per heavy atom. The van der Waals surface area contributed by atoms with Crippen LogP contribution in [0.4, 0.5) is 0 Å². The smallest absolute Gasteiger partial charge is 0.220 e. The molecule has 1 unspecified atom stereocenters. The van der Waals surface area contributed by atoms with Crippen LogP contribution in [0, 0.1) is 0 Å². The SMILES string of the molecule is CCCCC/C=C/C/C=C/C/C=C/C/C=C/CCCC(=O)N[C@H](CO[C@H]1O[C@H](CO)[C@H](O)[C@H](O)[C@H]1O)C(O)/C=C/CCCCCCCCCCCCC. The van der Waals surface area contributed by atoms with E-state index in [9.17, 15) is 30.3 Å². The number of ether oxygens (including phenoxy) is 2. The van der Waals surface area contributed by atoms with Crippen molar-refractivity contribution >= 4 is 5.91 Å². The standard InChI is InChI=1S/C44H77NO8/c1-3-5-7-9-11-13-15-17-18-19-20-22-24-26-28-30-32-34-40(48)45-37(36-52-44-43(51)42(50)41(49)39(35-46)53-44)38(47)33-31-29-27-25-23-21-16-14-12-10-8-6-4-2/h11,13,17-18,20,22,26,28,31,33,37-39,41-44,46-47,49-51H,3-10,12,14-16,19,21,23-25,27,29-30,32,34-36H2,1-2H3,(H,45,48)/b13-11+,18-17+,22-20+,28-26+,33-31+/t37-,38?,39-,41+,42+,43-,44+/m1/s1. The second-order valence-electron chi connectivity index (χ2n) is 14.4. The molecule has 0 aromatic carbocycles. The summed E-state index contributed by atoms with van der Waals surface area (Å²) in [5.41, 5.74) is 0. The number of nitrogens with one attached hydrogen (secondary N) is 1. The second-order valence-corrected chi connectivity index (χ2v) is 14.4. The maximum atomic E-state index is 12.9. The van der Waals surface area contributed by atoms with Crippen molar-refractivity contribution in [2.75, 3.05) is 13.2 Å². The van der Waals surface area contributed by atoms with Crippen LogP contribution in [-0.2, 0) is 14.3 Å². The fraction of sp³-hybridized carbons (Fsp3) is 0.750. The van der Waals surface area contributed by atoms with Crippen LogP contribution in [0.15, 0.2) is 60.8 Å². The quantitative estimate of drug-likeness (QED) is 0.0292. The lowest BCUT2D eigenvalue weighted by molar-refractivity contribution is -0.302. The van der Waals surface area contributed by atoms with Crippen molar-refractivity contribution in [1.82, 2.24) is 5.32 Å². The predicted molar refractivity (Wildman–Crippen MR) is 216 cm³/mol. The van der Waals surface area contributed by atoms with Gasteiger partial charge in [-0.1, -0.05) is 152 Å². The predicted octanol–water partition coefficient (Wildman–Crippen LogP) is 8.05. The molecule has 306 valence electrons. The maximum absolute atomic E-state index is 12.9. The molecule has 0 saturated carbocycles. The molecule has 1 heterocycles. The zero-order valence-electron chi connectivity index (χ0n) is 33.2. The Kier molecular flexibility index (Phi) is 31.7. The van der Waals surface area contributed by atoms with Crippen LogP contribution in [0.1, 0.15) is 155 Å². The molecule has 0 aromatic rings. The van der Waals surface area contributed by atoms with E-state index in [-0.39, 0.29) is 18.9 Å². The van der Waals surface area contributed by atoms with Gasteiger partial charge in [-0.3, -0.25) is 4.79 Å². The summed E-state index contributed by atoms with van der Waals surface area (Å²) in [4.78, 5) is 12.9. The third kappa shape index (κ3) is 25.6. The third-order valence-corrected chi connectivity index (χ3v) is 9.59. The minimum atomic E-state index is -1.58. The van der Waals surface area contributed by atoms with Gasteiger partial charge in [0.1, 0.15) is 24.4 Å². The van der Waals surface area contributed by atoms with Crippen molar-refractivity contribution in [3.8, 4) is 0 Å². The van der Waals surface area contributed by atoms with Gasteiger partial charge < -0.3 is 40.3 Å². The number of amides is 1. The lowest BCUT2D eigenvalue weighted by atomic mass is 9.99. The van der Waals surface area contributed by atoms with Gasteiger partial charge >= 0.3 is 0 Å². The molecule has 6 N–H and O–H groups in total. The van der Waals surface area contributed by atoms with Crippen molar-refractivity contribution in [3.63, 3.8) is 0 Å². The minimum Gasteiger partial charge on any atom is -0.394 e. The highest BCUT2D eigenvalue weighted by atomic mass is 16.7. The van der Waals surface area contributed by atoms with Gasteiger partial charge in [0.15, 0.2) is 6.29 Å². The monoisotopic (exact) mass is 748 g/mol. The van der Waals surface area contributed by atoms with Gasteiger partial charge in [0, 0.05) is 6.42 Å². The van der Waals surface area contributed by atoms with Crippen LogP contribution in [0.3, 0.4) is 0 Å². The summed E-state index contributed by atoms with van der Waals surface area (Å²) in [6, 6.07) is -0.833. The lowest BCUT2D eigenvalue weighted by Gasteiger charge is -2.40. The van der Waals surface area contributed by atoms with Crippen LogP contribution in [0.2, 0.25) is 0 Å². The van der Waals surface area contributed by atoms with Crippen LogP contribution in [0.5, 0.6) is 0 Å². The molecule has 53 heavy (non-hydrogen) atoms. The molecule has 9 heteroatoms. The van der Waals surface area contributed by atoms with Crippen LogP contribution in [0.25, 0.3) is 0 Å². The summed E-state index contributed by atoms with van der Waals surface area (Å²) < 4.78 is 11.2. The van der Waals surface area contributed by atoms with Gasteiger partial charge in [0.05, 0.1) is 25.4 Å². The van der Waals surface area contributed by atoms with E-state index in [4.69, 9.17) is 9.47 Å². The molecule has 0 bridgehead atoms. The van der Waals surface area contributed by atoms with Crippen LogP contribution < -0.4 is 5.32 Å². The number of aliphatic hydroxyl groups excluding tert-OH is 5. The minimum absolute atomic E-state index is 0.213. The zero-order chi connectivity index (χ0) is 38.8. The highest BCUT2D eigenvalue weighted by Crippen LogP contribution is 2.22. The maximum Gasteiger partial charge on any atom is 0.220 e. The summed E-state index contributed by atoms with van der Waals surface area (Å²) >= 11 is 0. The highest BCUT2D eigenvalue weighted by molar-refractivity contribution is 5.76. The molecule has 1 aliphatic heterocycles. The zero-order valence-corrected chi connectivity index (χ0v) is 33.2. The van der Waals surface area contributed by atoms with E-state index >= 15 is 0 Å². The van der Waals surface area contributed by atoms with Gasteiger partial charge in [0.2, 0.25) is 5.91 Å². The number of carbonyl (C=O) groups is 1. The molecule has 0 aliphatic carbocycles. The van der Waals surface area contributed by atoms with E-state index < -0.39 is 49.5 Å². The first-order chi connectivity index (χ1) is 25.8. The molecule has 0 aromatic heterocycles. The van der Waals surface area contributed by atoms with Gasteiger partial charge in [-0.15, -0.1) is 0 Å². The second kappa shape index (κ2) is 34.4. The van der Waals surface area contributed by atoms with Gasteiger partial charge in [-0.05, 0) is 57.8 Å². The first-order valence-electron chi connectivity index (χ1n) is 21.0. The molecule has 1 fully saturated rings. The van der Waals surface area contributed by atoms with Crippen LogP contribution >= 0.6 is 0 Å². The molecular formula is C44H77NO8. The molecule has 7 atom stereocenters.